The van der Waals surface area contributed by atoms with Crippen LogP contribution < -0.4 is 10.1 Å². The number of nitrogens with zero attached hydrogens (tertiary/aromatic N) is 1. The van der Waals surface area contributed by atoms with E-state index in [-0.39, 0.29) is 18.1 Å². The Morgan fingerprint density at radius 3 is 2.51 bits per heavy atom. The van der Waals surface area contributed by atoms with Gasteiger partial charge in [0.1, 0.15) is 18.1 Å². The standard InChI is InChI=1S/C26H21ClN2O5S/c1-16-3-7-22(8-4-16)35-23-13-19(12-20(14-23)29(31)32)28-26(30)25-10-6-21(34-25)15-33-24-9-5-18(27)11-17(24)2/h3-14H,15H2,1-2H3,(H,28,30). The second-order valence-electron chi connectivity index (χ2n) is 7.81. The third kappa shape index (κ3) is 6.44. The van der Waals surface area contributed by atoms with Crippen LogP contribution in [0.15, 0.2) is 87.0 Å². The van der Waals surface area contributed by atoms with Crippen LogP contribution in [0.5, 0.6) is 5.75 Å². The summed E-state index contributed by atoms with van der Waals surface area (Å²) in [5.41, 5.74) is 2.17. The molecule has 1 aromatic heterocycles. The molecule has 35 heavy (non-hydrogen) atoms. The van der Waals surface area contributed by atoms with Gasteiger partial charge in [-0.15, -0.1) is 0 Å². The molecular weight excluding hydrogens is 488 g/mol. The van der Waals surface area contributed by atoms with Crippen molar-refractivity contribution in [1.29, 1.82) is 0 Å². The predicted molar refractivity (Wildman–Crippen MR) is 136 cm³/mol. The van der Waals surface area contributed by atoms with Gasteiger partial charge in [0.05, 0.1) is 4.92 Å². The van der Waals surface area contributed by atoms with Gasteiger partial charge in [-0.05, 0) is 67.9 Å². The first-order valence-corrected chi connectivity index (χ1v) is 11.8. The SMILES string of the molecule is Cc1ccc(Sc2cc(NC(=O)c3ccc(COc4ccc(Cl)cc4C)o3)cc([N+](=O)[O-])c2)cc1. The highest BCUT2D eigenvalue weighted by atomic mass is 35.5. The van der Waals surface area contributed by atoms with Gasteiger partial charge >= 0.3 is 0 Å². The highest BCUT2D eigenvalue weighted by Crippen LogP contribution is 2.33. The predicted octanol–water partition coefficient (Wildman–Crippen LogP) is 7.44. The Labute approximate surface area is 211 Å². The van der Waals surface area contributed by atoms with Crippen molar-refractivity contribution in [2.45, 2.75) is 30.2 Å². The minimum absolute atomic E-state index is 0.0654. The number of furan rings is 1. The zero-order valence-corrected chi connectivity index (χ0v) is 20.5. The number of amides is 1. The topological polar surface area (TPSA) is 94.6 Å². The number of nitrogens with one attached hydrogen (secondary N) is 1. The number of hydrogen-bond donors (Lipinski definition) is 1. The molecule has 0 spiro atoms. The number of aryl methyl sites for hydroxylation is 2. The van der Waals surface area contributed by atoms with Gasteiger partial charge in [-0.1, -0.05) is 41.1 Å². The largest absolute Gasteiger partial charge is 0.485 e. The summed E-state index contributed by atoms with van der Waals surface area (Å²) in [6, 6.07) is 20.8. The summed E-state index contributed by atoms with van der Waals surface area (Å²) in [7, 11) is 0. The smallest absolute Gasteiger partial charge is 0.291 e. The Morgan fingerprint density at radius 2 is 1.80 bits per heavy atom. The highest BCUT2D eigenvalue weighted by molar-refractivity contribution is 7.99. The van der Waals surface area contributed by atoms with E-state index in [1.807, 2.05) is 38.1 Å². The molecule has 1 heterocycles. The number of nitro groups is 1. The fourth-order valence-electron chi connectivity index (χ4n) is 3.26. The maximum atomic E-state index is 12.7. The molecule has 1 N–H and O–H groups in total. The minimum Gasteiger partial charge on any atom is -0.485 e. The fourth-order valence-corrected chi connectivity index (χ4v) is 4.39. The average Bonchev–Trinajstić information content (AvgIpc) is 3.29. The van der Waals surface area contributed by atoms with Crippen molar-refractivity contribution in [1.82, 2.24) is 0 Å². The van der Waals surface area contributed by atoms with E-state index in [1.54, 1.807) is 30.3 Å². The lowest BCUT2D eigenvalue weighted by Gasteiger charge is -2.08. The number of carbonyl (C=O) groups is 1. The van der Waals surface area contributed by atoms with E-state index in [0.717, 1.165) is 16.0 Å². The zero-order chi connectivity index (χ0) is 24.9. The Bertz CT molecular complexity index is 1390. The van der Waals surface area contributed by atoms with E-state index >= 15 is 0 Å². The summed E-state index contributed by atoms with van der Waals surface area (Å²) in [4.78, 5) is 25.3. The van der Waals surface area contributed by atoms with Crippen molar-refractivity contribution in [3.8, 4) is 5.75 Å². The van der Waals surface area contributed by atoms with Crippen LogP contribution in [0.25, 0.3) is 0 Å². The number of halogens is 1. The lowest BCUT2D eigenvalue weighted by molar-refractivity contribution is -0.385. The molecule has 4 rings (SSSR count). The van der Waals surface area contributed by atoms with E-state index in [2.05, 4.69) is 5.32 Å². The molecule has 0 fully saturated rings. The molecule has 3 aromatic carbocycles. The molecule has 0 atom stereocenters. The number of carbonyl (C=O) groups excluding carboxylic acids is 1. The number of rotatable bonds is 8. The lowest BCUT2D eigenvalue weighted by atomic mass is 10.2. The molecule has 1 amide bonds. The summed E-state index contributed by atoms with van der Waals surface area (Å²) in [6.07, 6.45) is 0. The maximum Gasteiger partial charge on any atom is 0.291 e. The zero-order valence-electron chi connectivity index (χ0n) is 18.9. The molecule has 9 heteroatoms. The quantitative estimate of drug-likeness (QED) is 0.196. The third-order valence-electron chi connectivity index (χ3n) is 5.01. The number of nitro benzene ring substituents is 1. The molecule has 0 radical (unpaired) electrons. The molecule has 0 bridgehead atoms. The first-order valence-electron chi connectivity index (χ1n) is 10.6. The molecule has 7 nitrogen and oxygen atoms in total. The Balaban J connectivity index is 1.46. The van der Waals surface area contributed by atoms with Crippen molar-refractivity contribution in [3.63, 3.8) is 0 Å². The van der Waals surface area contributed by atoms with Crippen LogP contribution in [-0.2, 0) is 6.61 Å². The average molecular weight is 509 g/mol. The monoisotopic (exact) mass is 508 g/mol. The van der Waals surface area contributed by atoms with E-state index in [1.165, 1.54) is 30.0 Å². The van der Waals surface area contributed by atoms with Crippen molar-refractivity contribution in [2.75, 3.05) is 5.32 Å². The first-order chi connectivity index (χ1) is 16.8. The molecule has 0 aliphatic heterocycles. The van der Waals surface area contributed by atoms with Crippen LogP contribution >= 0.6 is 23.4 Å². The summed E-state index contributed by atoms with van der Waals surface area (Å²) in [6.45, 7) is 4.00. The van der Waals surface area contributed by atoms with Crippen molar-refractivity contribution >= 4 is 40.6 Å². The van der Waals surface area contributed by atoms with Gasteiger partial charge < -0.3 is 14.5 Å². The molecule has 4 aromatic rings. The number of non-ortho nitro benzene ring substituents is 1. The van der Waals surface area contributed by atoms with Gasteiger partial charge in [-0.3, -0.25) is 14.9 Å². The van der Waals surface area contributed by atoms with Gasteiger partial charge in [-0.25, -0.2) is 0 Å². The van der Waals surface area contributed by atoms with Gasteiger partial charge in [0, 0.05) is 32.6 Å². The summed E-state index contributed by atoms with van der Waals surface area (Å²) in [5, 5.41) is 14.7. The van der Waals surface area contributed by atoms with Gasteiger partial charge in [0.25, 0.3) is 11.6 Å². The minimum atomic E-state index is -0.522. The molecule has 0 saturated heterocycles. The van der Waals surface area contributed by atoms with E-state index in [9.17, 15) is 14.9 Å². The molecule has 0 unspecified atom stereocenters. The van der Waals surface area contributed by atoms with Crippen LogP contribution in [0.2, 0.25) is 5.02 Å². The normalized spacial score (nSPS) is 10.7. The molecule has 0 aliphatic rings. The second kappa shape index (κ2) is 10.7. The van der Waals surface area contributed by atoms with Crippen molar-refractivity contribution in [3.05, 3.63) is 111 Å². The number of anilines is 1. The summed E-state index contributed by atoms with van der Waals surface area (Å²) in [5.74, 6) is 0.660. The van der Waals surface area contributed by atoms with E-state index in [4.69, 9.17) is 20.8 Å². The number of benzene rings is 3. The van der Waals surface area contributed by atoms with Gasteiger partial charge in [0.2, 0.25) is 0 Å². The lowest BCUT2D eigenvalue weighted by Crippen LogP contribution is -2.11. The Kier molecular flexibility index (Phi) is 7.43. The Hall–Kier alpha value is -3.75. The second-order valence-corrected chi connectivity index (χ2v) is 9.39. The fraction of sp³-hybridized carbons (Fsp3) is 0.115. The third-order valence-corrected chi connectivity index (χ3v) is 6.22. The maximum absolute atomic E-state index is 12.7. The molecule has 0 saturated carbocycles. The van der Waals surface area contributed by atoms with Crippen LogP contribution in [-0.4, -0.2) is 10.8 Å². The molecular formula is C26H21ClN2O5S. The van der Waals surface area contributed by atoms with Crippen LogP contribution in [0.4, 0.5) is 11.4 Å². The Morgan fingerprint density at radius 1 is 1.03 bits per heavy atom. The van der Waals surface area contributed by atoms with Crippen LogP contribution in [0, 0.1) is 24.0 Å². The van der Waals surface area contributed by atoms with Gasteiger partial charge in [0.15, 0.2) is 5.76 Å². The van der Waals surface area contributed by atoms with E-state index in [0.29, 0.717) is 27.1 Å². The van der Waals surface area contributed by atoms with Crippen molar-refractivity contribution in [2.24, 2.45) is 0 Å². The summed E-state index contributed by atoms with van der Waals surface area (Å²) < 4.78 is 11.4. The summed E-state index contributed by atoms with van der Waals surface area (Å²) >= 11 is 7.34. The number of hydrogen-bond acceptors (Lipinski definition) is 6. The van der Waals surface area contributed by atoms with Gasteiger partial charge in [-0.2, -0.15) is 0 Å². The van der Waals surface area contributed by atoms with Crippen molar-refractivity contribution < 1.29 is 18.9 Å². The van der Waals surface area contributed by atoms with Crippen LogP contribution in [0.3, 0.4) is 0 Å². The molecule has 0 aliphatic carbocycles. The number of ether oxygens (including phenoxy) is 1. The highest BCUT2D eigenvalue weighted by Gasteiger charge is 2.16. The van der Waals surface area contributed by atoms with E-state index < -0.39 is 10.8 Å². The first kappa shape index (κ1) is 24.4. The van der Waals surface area contributed by atoms with Crippen LogP contribution in [0.1, 0.15) is 27.4 Å². The molecule has 178 valence electrons.